The lowest BCUT2D eigenvalue weighted by Gasteiger charge is -2.01. The molecule has 0 atom stereocenters. The Morgan fingerprint density at radius 1 is 1.79 bits per heavy atom. The normalized spacial score (nSPS) is 9.36. The van der Waals surface area contributed by atoms with E-state index in [1.165, 1.54) is 0 Å². The molecule has 0 aliphatic rings. The second-order valence-corrected chi connectivity index (χ2v) is 2.82. The smallest absolute Gasteiger partial charge is 0.323 e. The fraction of sp³-hybridized carbons (Fsp3) is 0.143. The minimum atomic E-state index is -1.10. The quantitative estimate of drug-likeness (QED) is 0.663. The molecule has 0 bridgehead atoms. The molecule has 0 fully saturated rings. The predicted molar refractivity (Wildman–Crippen MR) is 48.2 cm³/mol. The van der Waals surface area contributed by atoms with E-state index in [1.807, 2.05) is 0 Å². The van der Waals surface area contributed by atoms with Crippen molar-refractivity contribution in [1.82, 2.24) is 9.55 Å². The van der Waals surface area contributed by atoms with Gasteiger partial charge >= 0.3 is 5.97 Å². The van der Waals surface area contributed by atoms with Crippen molar-refractivity contribution in [2.45, 2.75) is 6.54 Å². The van der Waals surface area contributed by atoms with Gasteiger partial charge in [-0.15, -0.1) is 0 Å². The molecule has 1 aromatic rings. The molecule has 0 saturated carbocycles. The monoisotopic (exact) mass is 211 g/mol. The van der Waals surface area contributed by atoms with Crippen molar-refractivity contribution in [2.24, 2.45) is 0 Å². The van der Waals surface area contributed by atoms with E-state index in [4.69, 9.17) is 22.6 Å². The topological polar surface area (TPSA) is 98.9 Å². The Kier molecular flexibility index (Phi) is 2.79. The summed E-state index contributed by atoms with van der Waals surface area (Å²) in [5.41, 5.74) is -0.779. The first-order chi connectivity index (χ1) is 6.54. The van der Waals surface area contributed by atoms with Crippen molar-refractivity contribution < 1.29 is 9.90 Å². The number of nitrogens with zero attached hydrogens (tertiary/aromatic N) is 2. The summed E-state index contributed by atoms with van der Waals surface area (Å²) in [6.45, 7) is -0.385. The van der Waals surface area contributed by atoms with Gasteiger partial charge in [-0.3, -0.25) is 14.6 Å². The summed E-state index contributed by atoms with van der Waals surface area (Å²) in [5, 5.41) is 17.0. The van der Waals surface area contributed by atoms with Crippen LogP contribution < -0.4 is 5.56 Å². The zero-order valence-corrected chi connectivity index (χ0v) is 7.67. The van der Waals surface area contributed by atoms with Crippen molar-refractivity contribution in [3.05, 3.63) is 26.9 Å². The summed E-state index contributed by atoms with van der Waals surface area (Å²) in [5.74, 6) is -1.10. The summed E-state index contributed by atoms with van der Waals surface area (Å²) < 4.78 is 1.09. The molecule has 0 radical (unpaired) electrons. The number of H-pyrrole nitrogens is 1. The number of hydrogen-bond donors (Lipinski definition) is 2. The van der Waals surface area contributed by atoms with E-state index >= 15 is 0 Å². The molecular weight excluding hydrogens is 206 g/mol. The number of nitriles is 1. The second-order valence-electron chi connectivity index (χ2n) is 2.44. The van der Waals surface area contributed by atoms with Gasteiger partial charge in [0, 0.05) is 6.20 Å². The maximum Gasteiger partial charge on any atom is 0.323 e. The molecule has 0 spiro atoms. The Balaban J connectivity index is 3.34. The van der Waals surface area contributed by atoms with Crippen LogP contribution in [0.5, 0.6) is 0 Å². The first-order valence-electron chi connectivity index (χ1n) is 3.50. The van der Waals surface area contributed by atoms with E-state index in [-0.39, 0.29) is 16.9 Å². The van der Waals surface area contributed by atoms with Gasteiger partial charge in [0.15, 0.2) is 4.77 Å². The lowest BCUT2D eigenvalue weighted by atomic mass is 10.4. The number of aromatic nitrogens is 2. The van der Waals surface area contributed by atoms with Crippen molar-refractivity contribution >= 4 is 18.2 Å². The minimum Gasteiger partial charge on any atom is -0.480 e. The molecule has 0 unspecified atom stereocenters. The van der Waals surface area contributed by atoms with Crippen LogP contribution in [0.2, 0.25) is 0 Å². The zero-order chi connectivity index (χ0) is 10.7. The van der Waals surface area contributed by atoms with Gasteiger partial charge in [0.25, 0.3) is 5.56 Å². The van der Waals surface area contributed by atoms with Gasteiger partial charge in [-0.1, -0.05) is 0 Å². The molecule has 7 heteroatoms. The molecule has 14 heavy (non-hydrogen) atoms. The SMILES string of the molecule is N#Cc1cn(CC(=O)O)c(=S)[nH]c1=O. The van der Waals surface area contributed by atoms with Crippen LogP contribution in [0.3, 0.4) is 0 Å². The van der Waals surface area contributed by atoms with Crippen molar-refractivity contribution in [3.8, 4) is 6.07 Å². The summed E-state index contributed by atoms with van der Waals surface area (Å²) in [7, 11) is 0. The molecule has 2 N–H and O–H groups in total. The number of rotatable bonds is 2. The number of carbonyl (C=O) groups is 1. The third kappa shape index (κ3) is 2.05. The first-order valence-corrected chi connectivity index (χ1v) is 3.91. The van der Waals surface area contributed by atoms with E-state index in [9.17, 15) is 9.59 Å². The van der Waals surface area contributed by atoms with Crippen LogP contribution in [0, 0.1) is 16.1 Å². The van der Waals surface area contributed by atoms with Crippen LogP contribution in [0.25, 0.3) is 0 Å². The highest BCUT2D eigenvalue weighted by Crippen LogP contribution is 1.91. The summed E-state index contributed by atoms with van der Waals surface area (Å²) in [6.07, 6.45) is 1.12. The molecule has 72 valence electrons. The third-order valence-corrected chi connectivity index (χ3v) is 1.77. The van der Waals surface area contributed by atoms with Crippen molar-refractivity contribution in [3.63, 3.8) is 0 Å². The number of aliphatic carboxylic acids is 1. The van der Waals surface area contributed by atoms with E-state index in [2.05, 4.69) is 4.98 Å². The molecule has 1 heterocycles. The first kappa shape index (κ1) is 10.1. The lowest BCUT2D eigenvalue weighted by molar-refractivity contribution is -0.137. The van der Waals surface area contributed by atoms with Gasteiger partial charge < -0.3 is 9.67 Å². The van der Waals surface area contributed by atoms with Crippen LogP contribution in [0.1, 0.15) is 5.56 Å². The molecule has 0 amide bonds. The Bertz CT molecular complexity index is 522. The summed E-state index contributed by atoms with van der Waals surface area (Å²) in [6, 6.07) is 1.63. The van der Waals surface area contributed by atoms with Crippen LogP contribution in [-0.4, -0.2) is 20.6 Å². The molecule has 0 aliphatic heterocycles. The zero-order valence-electron chi connectivity index (χ0n) is 6.85. The van der Waals surface area contributed by atoms with Gasteiger partial charge in [0.05, 0.1) is 0 Å². The maximum atomic E-state index is 11.0. The van der Waals surface area contributed by atoms with Crippen molar-refractivity contribution in [2.75, 3.05) is 0 Å². The van der Waals surface area contributed by atoms with E-state index in [0.29, 0.717) is 0 Å². The average molecular weight is 211 g/mol. The number of nitrogens with one attached hydrogen (secondary N) is 1. The molecular formula is C7H5N3O3S. The van der Waals surface area contributed by atoms with Gasteiger partial charge in [0.2, 0.25) is 0 Å². The van der Waals surface area contributed by atoms with Crippen LogP contribution in [0.15, 0.2) is 11.0 Å². The standard InChI is InChI=1S/C7H5N3O3S/c8-1-4-2-10(3-5(11)12)7(14)9-6(4)13/h2H,3H2,(H,11,12)(H,9,13,14). The van der Waals surface area contributed by atoms with Gasteiger partial charge in [-0.25, -0.2) is 0 Å². The number of aromatic amines is 1. The van der Waals surface area contributed by atoms with Gasteiger partial charge in [-0.2, -0.15) is 5.26 Å². The fourth-order valence-corrected chi connectivity index (χ4v) is 1.06. The molecule has 1 rings (SSSR count). The van der Waals surface area contributed by atoms with Crippen LogP contribution in [0.4, 0.5) is 0 Å². The maximum absolute atomic E-state index is 11.0. The lowest BCUT2D eigenvalue weighted by Crippen LogP contribution is -2.19. The van der Waals surface area contributed by atoms with E-state index < -0.39 is 11.5 Å². The van der Waals surface area contributed by atoms with Crippen LogP contribution >= 0.6 is 12.2 Å². The number of carboxylic acid groups (broad SMARTS) is 1. The number of carboxylic acids is 1. The third-order valence-electron chi connectivity index (χ3n) is 1.44. The predicted octanol–water partition coefficient (Wildman–Crippen LogP) is -0.138. The Morgan fingerprint density at radius 2 is 2.43 bits per heavy atom. The fourth-order valence-electron chi connectivity index (χ4n) is 0.852. The van der Waals surface area contributed by atoms with Gasteiger partial charge in [-0.05, 0) is 12.2 Å². The second kappa shape index (κ2) is 3.85. The van der Waals surface area contributed by atoms with E-state index in [1.54, 1.807) is 6.07 Å². The van der Waals surface area contributed by atoms with Crippen molar-refractivity contribution in [1.29, 1.82) is 5.26 Å². The largest absolute Gasteiger partial charge is 0.480 e. The highest BCUT2D eigenvalue weighted by molar-refractivity contribution is 7.71. The molecule has 0 saturated heterocycles. The molecule has 6 nitrogen and oxygen atoms in total. The highest BCUT2D eigenvalue weighted by atomic mass is 32.1. The number of hydrogen-bond acceptors (Lipinski definition) is 4. The Morgan fingerprint density at radius 3 is 2.93 bits per heavy atom. The average Bonchev–Trinajstić information content (AvgIpc) is 2.09. The van der Waals surface area contributed by atoms with Crippen LogP contribution in [-0.2, 0) is 11.3 Å². The minimum absolute atomic E-state index is 0.0172. The Hall–Kier alpha value is -1.94. The summed E-state index contributed by atoms with van der Waals surface area (Å²) >= 11 is 4.70. The van der Waals surface area contributed by atoms with Gasteiger partial charge in [0.1, 0.15) is 18.2 Å². The molecule has 0 aliphatic carbocycles. The highest BCUT2D eigenvalue weighted by Gasteiger charge is 2.04. The molecule has 1 aromatic heterocycles. The summed E-state index contributed by atoms with van der Waals surface area (Å²) in [4.78, 5) is 23.6. The van der Waals surface area contributed by atoms with E-state index in [0.717, 1.165) is 10.8 Å². The Labute approximate surface area is 83.0 Å². The molecule has 0 aromatic carbocycles.